The maximum Gasteiger partial charge on any atom is 0.356 e. The van der Waals surface area contributed by atoms with Crippen LogP contribution in [0, 0.1) is 0 Å². The molecule has 0 saturated carbocycles. The summed E-state index contributed by atoms with van der Waals surface area (Å²) in [5.41, 5.74) is 1.98. The zero-order valence-electron chi connectivity index (χ0n) is 17.6. The summed E-state index contributed by atoms with van der Waals surface area (Å²) in [6, 6.07) is 17.9. The van der Waals surface area contributed by atoms with Crippen molar-refractivity contribution in [1.82, 2.24) is 9.55 Å². The number of halogens is 1. The zero-order valence-corrected chi connectivity index (χ0v) is 19.3. The lowest BCUT2D eigenvalue weighted by Crippen LogP contribution is -2.22. The second-order valence-corrected chi connectivity index (χ2v) is 14.4. The minimum Gasteiger partial charge on any atom is -0.476 e. The Labute approximate surface area is 183 Å². The minimum absolute atomic E-state index is 0.0101. The maximum atomic E-state index is 12.0. The average molecular weight is 443 g/mol. The predicted molar refractivity (Wildman–Crippen MR) is 124 cm³/mol. The van der Waals surface area contributed by atoms with Gasteiger partial charge in [0.1, 0.15) is 5.82 Å². The van der Waals surface area contributed by atoms with Crippen LogP contribution >= 0.6 is 11.6 Å². The van der Waals surface area contributed by atoms with E-state index in [0.29, 0.717) is 41.9 Å². The van der Waals surface area contributed by atoms with E-state index < -0.39 is 14.0 Å². The van der Waals surface area contributed by atoms with Crippen molar-refractivity contribution in [3.05, 3.63) is 65.3 Å². The molecule has 3 rings (SSSR count). The van der Waals surface area contributed by atoms with Crippen molar-refractivity contribution < 1.29 is 14.6 Å². The van der Waals surface area contributed by atoms with Gasteiger partial charge in [0.15, 0.2) is 5.69 Å². The van der Waals surface area contributed by atoms with E-state index in [2.05, 4.69) is 24.6 Å². The Kier molecular flexibility index (Phi) is 7.13. The highest BCUT2D eigenvalue weighted by Crippen LogP contribution is 2.34. The van der Waals surface area contributed by atoms with E-state index >= 15 is 0 Å². The third-order valence-corrected chi connectivity index (χ3v) is 6.82. The summed E-state index contributed by atoms with van der Waals surface area (Å²) in [4.78, 5) is 16.5. The number of benzene rings is 2. The molecular weight excluding hydrogens is 416 g/mol. The summed E-state index contributed by atoms with van der Waals surface area (Å²) in [7, 11) is -1.17. The topological polar surface area (TPSA) is 64.4 Å². The first-order chi connectivity index (χ1) is 14.3. The molecule has 0 amide bonds. The van der Waals surface area contributed by atoms with Gasteiger partial charge < -0.3 is 14.4 Å². The molecule has 5 nitrogen and oxygen atoms in total. The number of carboxylic acid groups (broad SMARTS) is 1. The van der Waals surface area contributed by atoms with Crippen molar-refractivity contribution >= 4 is 25.6 Å². The number of rotatable bonds is 9. The number of aromatic nitrogens is 2. The number of ether oxygens (including phenoxy) is 1. The molecule has 0 aliphatic carbocycles. The third kappa shape index (κ3) is 5.39. The summed E-state index contributed by atoms with van der Waals surface area (Å²) in [5.74, 6) is -0.489. The van der Waals surface area contributed by atoms with Crippen molar-refractivity contribution in [3.8, 4) is 22.6 Å². The Morgan fingerprint density at radius 1 is 1.07 bits per heavy atom. The van der Waals surface area contributed by atoms with E-state index in [1.807, 2.05) is 53.1 Å². The number of carbonyl (C=O) groups is 1. The SMILES string of the molecule is C[Si](C)(C)CCOCCn1c(-c2ccccc2)nc(C(=O)O)c1-c1ccccc1Cl. The number of hydrogen-bond acceptors (Lipinski definition) is 3. The Hall–Kier alpha value is -2.41. The van der Waals surface area contributed by atoms with Gasteiger partial charge in [-0.1, -0.05) is 79.8 Å². The summed E-state index contributed by atoms with van der Waals surface area (Å²) in [5, 5.41) is 10.3. The van der Waals surface area contributed by atoms with Gasteiger partial charge in [0.25, 0.3) is 0 Å². The lowest BCUT2D eigenvalue weighted by Gasteiger charge is -2.17. The van der Waals surface area contributed by atoms with Crippen LogP contribution in [-0.2, 0) is 11.3 Å². The second kappa shape index (κ2) is 9.60. The van der Waals surface area contributed by atoms with Gasteiger partial charge in [0.2, 0.25) is 0 Å². The molecule has 158 valence electrons. The third-order valence-electron chi connectivity index (χ3n) is 4.79. The lowest BCUT2D eigenvalue weighted by molar-refractivity contribution is 0.0691. The molecule has 1 N–H and O–H groups in total. The van der Waals surface area contributed by atoms with Crippen LogP contribution < -0.4 is 0 Å². The standard InChI is InChI=1S/C23H27ClN2O3Si/c1-30(2,3)16-15-29-14-13-26-21(18-11-7-8-12-19(18)24)20(23(27)28)25-22(26)17-9-5-4-6-10-17/h4-12H,13-16H2,1-3H3,(H,27,28). The fourth-order valence-electron chi connectivity index (χ4n) is 3.19. The highest BCUT2D eigenvalue weighted by Gasteiger charge is 2.25. The van der Waals surface area contributed by atoms with Crippen LogP contribution in [0.3, 0.4) is 0 Å². The number of aromatic carboxylic acids is 1. The molecule has 0 bridgehead atoms. The summed E-state index contributed by atoms with van der Waals surface area (Å²) in [6.45, 7) is 8.60. The molecule has 3 aromatic rings. The van der Waals surface area contributed by atoms with Gasteiger partial charge in [-0.3, -0.25) is 0 Å². The first kappa shape index (κ1) is 22.3. The first-order valence-corrected chi connectivity index (χ1v) is 14.1. The summed E-state index contributed by atoms with van der Waals surface area (Å²) < 4.78 is 7.81. The van der Waals surface area contributed by atoms with E-state index in [1.54, 1.807) is 6.07 Å². The fourth-order valence-corrected chi connectivity index (χ4v) is 4.17. The molecule has 1 heterocycles. The molecule has 0 atom stereocenters. The van der Waals surface area contributed by atoms with Gasteiger partial charge in [0, 0.05) is 37.4 Å². The summed E-state index contributed by atoms with van der Waals surface area (Å²) in [6.07, 6.45) is 0. The van der Waals surface area contributed by atoms with Crippen molar-refractivity contribution in [3.63, 3.8) is 0 Å². The monoisotopic (exact) mass is 442 g/mol. The number of hydrogen-bond donors (Lipinski definition) is 1. The minimum atomic E-state index is -1.17. The molecule has 0 radical (unpaired) electrons. The molecular formula is C23H27ClN2O3Si. The van der Waals surface area contributed by atoms with Gasteiger partial charge >= 0.3 is 5.97 Å². The van der Waals surface area contributed by atoms with Crippen molar-refractivity contribution in [1.29, 1.82) is 0 Å². The Morgan fingerprint density at radius 2 is 1.73 bits per heavy atom. The molecule has 0 aliphatic heterocycles. The van der Waals surface area contributed by atoms with E-state index in [0.717, 1.165) is 11.6 Å². The Bertz CT molecular complexity index is 1010. The van der Waals surface area contributed by atoms with Crippen LogP contribution in [0.5, 0.6) is 0 Å². The van der Waals surface area contributed by atoms with Crippen LogP contribution in [0.15, 0.2) is 54.6 Å². The van der Waals surface area contributed by atoms with Crippen molar-refractivity contribution in [2.45, 2.75) is 32.2 Å². The number of nitrogens with zero attached hydrogens (tertiary/aromatic N) is 2. The number of carboxylic acids is 1. The predicted octanol–water partition coefficient (Wildman–Crippen LogP) is 5.92. The van der Waals surface area contributed by atoms with Gasteiger partial charge in [-0.25, -0.2) is 9.78 Å². The quantitative estimate of drug-likeness (QED) is 0.329. The van der Waals surface area contributed by atoms with Crippen molar-refractivity contribution in [2.75, 3.05) is 13.2 Å². The van der Waals surface area contributed by atoms with Gasteiger partial charge in [-0.2, -0.15) is 0 Å². The van der Waals surface area contributed by atoms with Crippen LogP contribution in [0.1, 0.15) is 10.5 Å². The largest absolute Gasteiger partial charge is 0.476 e. The Morgan fingerprint density at radius 3 is 2.37 bits per heavy atom. The number of imidazole rings is 1. The summed E-state index contributed by atoms with van der Waals surface area (Å²) >= 11 is 6.44. The molecule has 0 aliphatic rings. The molecule has 1 aromatic heterocycles. The van der Waals surface area contributed by atoms with Gasteiger partial charge in [-0.15, -0.1) is 0 Å². The van der Waals surface area contributed by atoms with Crippen LogP contribution in [0.25, 0.3) is 22.6 Å². The Balaban J connectivity index is 2.02. The van der Waals surface area contributed by atoms with E-state index in [9.17, 15) is 9.90 Å². The molecule has 7 heteroatoms. The maximum absolute atomic E-state index is 12.0. The first-order valence-electron chi connectivity index (χ1n) is 10.00. The van der Waals surface area contributed by atoms with E-state index in [1.165, 1.54) is 0 Å². The van der Waals surface area contributed by atoms with Gasteiger partial charge in [-0.05, 0) is 12.1 Å². The zero-order chi connectivity index (χ0) is 21.7. The molecule has 2 aromatic carbocycles. The van der Waals surface area contributed by atoms with E-state index in [-0.39, 0.29) is 5.69 Å². The molecule has 0 spiro atoms. The second-order valence-electron chi connectivity index (χ2n) is 8.36. The van der Waals surface area contributed by atoms with Crippen LogP contribution in [0.4, 0.5) is 0 Å². The van der Waals surface area contributed by atoms with Crippen molar-refractivity contribution in [2.24, 2.45) is 0 Å². The lowest BCUT2D eigenvalue weighted by atomic mass is 10.1. The highest BCUT2D eigenvalue weighted by molar-refractivity contribution is 6.76. The normalized spacial score (nSPS) is 11.6. The smallest absolute Gasteiger partial charge is 0.356 e. The molecule has 30 heavy (non-hydrogen) atoms. The average Bonchev–Trinajstić information content (AvgIpc) is 3.07. The highest BCUT2D eigenvalue weighted by atomic mass is 35.5. The molecule has 0 fully saturated rings. The molecule has 0 unspecified atom stereocenters. The van der Waals surface area contributed by atoms with E-state index in [4.69, 9.17) is 16.3 Å². The van der Waals surface area contributed by atoms with Gasteiger partial charge in [0.05, 0.1) is 12.3 Å². The van der Waals surface area contributed by atoms with Crippen LogP contribution in [0.2, 0.25) is 30.7 Å². The van der Waals surface area contributed by atoms with Crippen LogP contribution in [-0.4, -0.2) is 41.9 Å². The molecule has 0 saturated heterocycles. The fraction of sp³-hybridized carbons (Fsp3) is 0.304.